The lowest BCUT2D eigenvalue weighted by molar-refractivity contribution is -0.384. The summed E-state index contributed by atoms with van der Waals surface area (Å²) < 4.78 is 1.35. The summed E-state index contributed by atoms with van der Waals surface area (Å²) in [5.74, 6) is 0.283. The Morgan fingerprint density at radius 2 is 1.62 bits per heavy atom. The zero-order chi connectivity index (χ0) is 20.4. The quantitative estimate of drug-likeness (QED) is 0.420. The molecule has 1 heterocycles. The number of fused-ring (bicyclic) bond motifs is 1. The van der Waals surface area contributed by atoms with E-state index in [1.54, 1.807) is 66.7 Å². The molecule has 29 heavy (non-hydrogen) atoms. The van der Waals surface area contributed by atoms with Gasteiger partial charge in [-0.15, -0.1) is 0 Å². The lowest BCUT2D eigenvalue weighted by Crippen LogP contribution is -2.22. The summed E-state index contributed by atoms with van der Waals surface area (Å²) in [4.78, 5) is 28.0. The van der Waals surface area contributed by atoms with Crippen molar-refractivity contribution in [1.29, 1.82) is 0 Å². The molecule has 0 fully saturated rings. The first-order chi connectivity index (χ1) is 14.0. The van der Waals surface area contributed by atoms with E-state index in [0.29, 0.717) is 28.0 Å². The second kappa shape index (κ2) is 7.40. The Balaban J connectivity index is 1.89. The molecule has 0 spiro atoms. The molecule has 7 nitrogen and oxygen atoms in total. The van der Waals surface area contributed by atoms with Crippen molar-refractivity contribution in [2.75, 3.05) is 0 Å². The maximum atomic E-state index is 13.1. The second-order valence-electron chi connectivity index (χ2n) is 6.30. The highest BCUT2D eigenvalue weighted by Gasteiger charge is 2.13. The van der Waals surface area contributed by atoms with E-state index in [0.717, 1.165) is 0 Å². The van der Waals surface area contributed by atoms with Gasteiger partial charge in [-0.1, -0.05) is 30.3 Å². The predicted molar refractivity (Wildman–Crippen MR) is 111 cm³/mol. The molecule has 0 unspecified atom stereocenters. The van der Waals surface area contributed by atoms with E-state index >= 15 is 0 Å². The van der Waals surface area contributed by atoms with Crippen molar-refractivity contribution >= 4 is 28.7 Å². The summed E-state index contributed by atoms with van der Waals surface area (Å²) in [5, 5.41) is 21.5. The van der Waals surface area contributed by atoms with Crippen LogP contribution in [-0.2, 0) is 0 Å². The summed E-state index contributed by atoms with van der Waals surface area (Å²) in [6, 6.07) is 19.5. The Morgan fingerprint density at radius 1 is 0.931 bits per heavy atom. The zero-order valence-corrected chi connectivity index (χ0v) is 15.1. The molecule has 142 valence electrons. The Morgan fingerprint density at radius 3 is 2.34 bits per heavy atom. The highest BCUT2D eigenvalue weighted by atomic mass is 16.6. The maximum absolute atomic E-state index is 13.1. The standard InChI is InChI=1S/C22H15N3O4/c26-20-8-4-3-7-19(20)24-21(23-18-6-2-1-5-17(18)22(24)27)14-11-15-9-12-16(13-10-15)25(28)29/h1-14,26H/b14-11+. The maximum Gasteiger partial charge on any atom is 0.269 e. The first kappa shape index (κ1) is 18.1. The minimum atomic E-state index is -0.464. The number of rotatable bonds is 4. The largest absolute Gasteiger partial charge is 0.506 e. The third kappa shape index (κ3) is 3.49. The van der Waals surface area contributed by atoms with Gasteiger partial charge >= 0.3 is 0 Å². The summed E-state index contributed by atoms with van der Waals surface area (Å²) in [6.45, 7) is 0. The van der Waals surface area contributed by atoms with Crippen LogP contribution in [-0.4, -0.2) is 19.6 Å². The summed E-state index contributed by atoms with van der Waals surface area (Å²) in [6.07, 6.45) is 3.35. The second-order valence-corrected chi connectivity index (χ2v) is 6.30. The SMILES string of the molecule is O=c1c2ccccc2nc(/C=C/c2ccc([N+](=O)[O-])cc2)n1-c1ccccc1O. The molecule has 4 aromatic rings. The number of nitrogens with zero attached hydrogens (tertiary/aromatic N) is 3. The number of phenolic OH excluding ortho intramolecular Hbond substituents is 1. The molecule has 0 bridgehead atoms. The Bertz CT molecular complexity index is 1310. The summed E-state index contributed by atoms with van der Waals surface area (Å²) in [7, 11) is 0. The molecule has 0 amide bonds. The molecule has 0 aliphatic rings. The van der Waals surface area contributed by atoms with Crippen molar-refractivity contribution in [2.45, 2.75) is 0 Å². The van der Waals surface area contributed by atoms with Gasteiger partial charge in [-0.25, -0.2) is 4.98 Å². The molecule has 0 aliphatic carbocycles. The molecule has 0 aliphatic heterocycles. The number of para-hydroxylation sites is 3. The van der Waals surface area contributed by atoms with Crippen LogP contribution in [0.5, 0.6) is 5.75 Å². The van der Waals surface area contributed by atoms with Crippen LogP contribution < -0.4 is 5.56 Å². The number of non-ortho nitro benzene ring substituents is 1. The molecular weight excluding hydrogens is 370 g/mol. The van der Waals surface area contributed by atoms with Crippen molar-refractivity contribution < 1.29 is 10.0 Å². The fourth-order valence-corrected chi connectivity index (χ4v) is 3.03. The smallest absolute Gasteiger partial charge is 0.269 e. The van der Waals surface area contributed by atoms with Crippen LogP contribution >= 0.6 is 0 Å². The van der Waals surface area contributed by atoms with Gasteiger partial charge in [0.1, 0.15) is 11.6 Å². The fraction of sp³-hybridized carbons (Fsp3) is 0. The predicted octanol–water partition coefficient (Wildman–Crippen LogP) is 4.17. The Kier molecular flexibility index (Phi) is 4.62. The number of nitro benzene ring substituents is 1. The van der Waals surface area contributed by atoms with Crippen LogP contribution in [0.2, 0.25) is 0 Å². The molecule has 3 aromatic carbocycles. The van der Waals surface area contributed by atoms with Gasteiger partial charge in [-0.05, 0) is 48.0 Å². The number of aromatic nitrogens is 2. The zero-order valence-electron chi connectivity index (χ0n) is 15.1. The molecule has 0 saturated carbocycles. The Hall–Kier alpha value is -4.26. The van der Waals surface area contributed by atoms with Gasteiger partial charge in [0, 0.05) is 12.1 Å². The molecular formula is C22H15N3O4. The van der Waals surface area contributed by atoms with Crippen LogP contribution in [0.25, 0.3) is 28.7 Å². The normalized spacial score (nSPS) is 11.2. The third-order valence-electron chi connectivity index (χ3n) is 4.45. The fourth-order valence-electron chi connectivity index (χ4n) is 3.03. The first-order valence-corrected chi connectivity index (χ1v) is 8.77. The number of benzene rings is 3. The van der Waals surface area contributed by atoms with E-state index < -0.39 is 4.92 Å². The molecule has 0 radical (unpaired) electrons. The van der Waals surface area contributed by atoms with Crippen LogP contribution in [0.1, 0.15) is 11.4 Å². The number of hydrogen-bond donors (Lipinski definition) is 1. The molecule has 4 rings (SSSR count). The van der Waals surface area contributed by atoms with E-state index in [9.17, 15) is 20.0 Å². The van der Waals surface area contributed by atoms with E-state index in [1.807, 2.05) is 0 Å². The summed E-state index contributed by atoms with van der Waals surface area (Å²) >= 11 is 0. The van der Waals surface area contributed by atoms with Crippen molar-refractivity contribution in [3.63, 3.8) is 0 Å². The van der Waals surface area contributed by atoms with Crippen LogP contribution in [0, 0.1) is 10.1 Å². The van der Waals surface area contributed by atoms with E-state index in [2.05, 4.69) is 4.98 Å². The van der Waals surface area contributed by atoms with Gasteiger partial charge < -0.3 is 5.11 Å². The Labute approximate surface area is 165 Å². The van der Waals surface area contributed by atoms with Gasteiger partial charge in [0.2, 0.25) is 0 Å². The van der Waals surface area contributed by atoms with Gasteiger partial charge in [0.05, 0.1) is 21.5 Å². The monoisotopic (exact) mass is 385 g/mol. The molecule has 0 saturated heterocycles. The molecule has 0 atom stereocenters. The van der Waals surface area contributed by atoms with Crippen molar-refractivity contribution in [3.8, 4) is 11.4 Å². The van der Waals surface area contributed by atoms with Crippen LogP contribution in [0.15, 0.2) is 77.6 Å². The third-order valence-corrected chi connectivity index (χ3v) is 4.45. The van der Waals surface area contributed by atoms with Crippen molar-refractivity contribution in [2.24, 2.45) is 0 Å². The van der Waals surface area contributed by atoms with Crippen molar-refractivity contribution in [3.05, 3.63) is 105 Å². The number of hydrogen-bond acceptors (Lipinski definition) is 5. The van der Waals surface area contributed by atoms with E-state index in [-0.39, 0.29) is 17.0 Å². The molecule has 1 aromatic heterocycles. The minimum absolute atomic E-state index is 0.00269. The first-order valence-electron chi connectivity index (χ1n) is 8.77. The van der Waals surface area contributed by atoms with E-state index in [1.165, 1.54) is 22.8 Å². The lowest BCUT2D eigenvalue weighted by Gasteiger charge is -2.12. The van der Waals surface area contributed by atoms with E-state index in [4.69, 9.17) is 0 Å². The van der Waals surface area contributed by atoms with Crippen LogP contribution in [0.4, 0.5) is 5.69 Å². The van der Waals surface area contributed by atoms with Crippen molar-refractivity contribution in [1.82, 2.24) is 9.55 Å². The van der Waals surface area contributed by atoms with Gasteiger partial charge in [0.25, 0.3) is 11.2 Å². The number of nitro groups is 1. The highest BCUT2D eigenvalue weighted by molar-refractivity contribution is 5.80. The van der Waals surface area contributed by atoms with Gasteiger partial charge in [-0.3, -0.25) is 19.5 Å². The molecule has 7 heteroatoms. The number of aromatic hydroxyl groups is 1. The van der Waals surface area contributed by atoms with Gasteiger partial charge in [0.15, 0.2) is 0 Å². The average Bonchev–Trinajstić information content (AvgIpc) is 2.73. The summed E-state index contributed by atoms with van der Waals surface area (Å²) in [5.41, 5.74) is 1.26. The minimum Gasteiger partial charge on any atom is -0.506 e. The molecule has 1 N–H and O–H groups in total. The van der Waals surface area contributed by atoms with Crippen LogP contribution in [0.3, 0.4) is 0 Å². The number of phenols is 1. The highest BCUT2D eigenvalue weighted by Crippen LogP contribution is 2.23. The lowest BCUT2D eigenvalue weighted by atomic mass is 10.2. The average molecular weight is 385 g/mol. The van der Waals surface area contributed by atoms with Gasteiger partial charge in [-0.2, -0.15) is 0 Å². The topological polar surface area (TPSA) is 98.3 Å².